The van der Waals surface area contributed by atoms with Crippen molar-refractivity contribution in [2.45, 2.75) is 26.3 Å². The summed E-state index contributed by atoms with van der Waals surface area (Å²) in [6.07, 6.45) is 0.331. The number of carbonyl (C=O) groups excluding carboxylic acids is 2. The Morgan fingerprint density at radius 3 is 2.42 bits per heavy atom. The van der Waals surface area contributed by atoms with Crippen molar-refractivity contribution in [3.05, 3.63) is 59.7 Å². The number of methoxy groups -OCH3 is 1. The Balaban J connectivity index is 0.00000338. The summed E-state index contributed by atoms with van der Waals surface area (Å²) >= 11 is 0. The highest BCUT2D eigenvalue weighted by molar-refractivity contribution is 6.00. The van der Waals surface area contributed by atoms with Crippen LogP contribution in [0.15, 0.2) is 48.5 Å². The summed E-state index contributed by atoms with van der Waals surface area (Å²) in [7, 11) is 1.58. The van der Waals surface area contributed by atoms with E-state index >= 15 is 0 Å². The maximum absolute atomic E-state index is 12.1. The summed E-state index contributed by atoms with van der Waals surface area (Å²) in [5.41, 5.74) is 2.44. The molecule has 0 aromatic heterocycles. The fourth-order valence-electron chi connectivity index (χ4n) is 2.40. The van der Waals surface area contributed by atoms with Crippen molar-refractivity contribution >= 4 is 29.8 Å². The molecule has 0 saturated heterocycles. The van der Waals surface area contributed by atoms with Gasteiger partial charge in [-0.25, -0.2) is 0 Å². The standard InChI is InChI=1S/C20H24N2O3.ClH/c1-3-21-14-15-5-4-6-17(13-15)22-20(24)12-11-19(23)16-7-9-18(25-2)10-8-16;/h4-10,13,21H,3,11-12,14H2,1-2H3,(H,22,24);1H. The summed E-state index contributed by atoms with van der Waals surface area (Å²) in [5, 5.41) is 6.09. The first-order valence-electron chi connectivity index (χ1n) is 8.39. The molecular formula is C20H25ClN2O3. The van der Waals surface area contributed by atoms with Gasteiger partial charge in [-0.05, 0) is 48.5 Å². The summed E-state index contributed by atoms with van der Waals surface area (Å²) in [6.45, 7) is 3.70. The van der Waals surface area contributed by atoms with E-state index in [4.69, 9.17) is 4.74 Å². The quantitative estimate of drug-likeness (QED) is 0.653. The molecule has 2 aromatic carbocycles. The molecule has 0 spiro atoms. The van der Waals surface area contributed by atoms with Crippen LogP contribution in [0.1, 0.15) is 35.7 Å². The lowest BCUT2D eigenvalue weighted by Gasteiger charge is -2.08. The lowest BCUT2D eigenvalue weighted by Crippen LogP contribution is -2.15. The minimum atomic E-state index is -0.164. The van der Waals surface area contributed by atoms with E-state index in [0.717, 1.165) is 24.3 Å². The van der Waals surface area contributed by atoms with Crippen molar-refractivity contribution in [2.24, 2.45) is 0 Å². The van der Waals surface area contributed by atoms with Crippen molar-refractivity contribution in [2.75, 3.05) is 19.0 Å². The maximum Gasteiger partial charge on any atom is 0.224 e. The Kier molecular flexibility index (Phi) is 9.41. The molecule has 0 bridgehead atoms. The van der Waals surface area contributed by atoms with E-state index in [1.807, 2.05) is 31.2 Å². The third kappa shape index (κ3) is 6.86. The van der Waals surface area contributed by atoms with Crippen LogP contribution in [0, 0.1) is 0 Å². The first kappa shape index (κ1) is 21.7. The number of hydrogen-bond acceptors (Lipinski definition) is 4. The molecule has 26 heavy (non-hydrogen) atoms. The van der Waals surface area contributed by atoms with E-state index < -0.39 is 0 Å². The zero-order chi connectivity index (χ0) is 18.1. The van der Waals surface area contributed by atoms with E-state index in [-0.39, 0.29) is 36.9 Å². The molecule has 1 amide bonds. The van der Waals surface area contributed by atoms with Gasteiger partial charge >= 0.3 is 0 Å². The van der Waals surface area contributed by atoms with Gasteiger partial charge in [0.15, 0.2) is 5.78 Å². The lowest BCUT2D eigenvalue weighted by atomic mass is 10.1. The molecule has 2 rings (SSSR count). The third-order valence-electron chi connectivity index (χ3n) is 3.78. The van der Waals surface area contributed by atoms with Crippen molar-refractivity contribution in [3.8, 4) is 5.75 Å². The highest BCUT2D eigenvalue weighted by Gasteiger charge is 2.10. The van der Waals surface area contributed by atoms with Crippen LogP contribution in [0.4, 0.5) is 5.69 Å². The molecule has 0 radical (unpaired) electrons. The molecule has 140 valence electrons. The van der Waals surface area contributed by atoms with Crippen molar-refractivity contribution < 1.29 is 14.3 Å². The van der Waals surface area contributed by atoms with Crippen LogP contribution >= 0.6 is 12.4 Å². The smallest absolute Gasteiger partial charge is 0.224 e. The van der Waals surface area contributed by atoms with Crippen molar-refractivity contribution in [1.82, 2.24) is 5.32 Å². The number of nitrogens with one attached hydrogen (secondary N) is 2. The van der Waals surface area contributed by atoms with Crippen LogP contribution in [0.25, 0.3) is 0 Å². The fourth-order valence-corrected chi connectivity index (χ4v) is 2.40. The van der Waals surface area contributed by atoms with Crippen LogP contribution in [0.5, 0.6) is 5.75 Å². The largest absolute Gasteiger partial charge is 0.497 e. The average molecular weight is 377 g/mol. The lowest BCUT2D eigenvalue weighted by molar-refractivity contribution is -0.116. The van der Waals surface area contributed by atoms with Gasteiger partial charge in [0.1, 0.15) is 5.75 Å². The average Bonchev–Trinajstić information content (AvgIpc) is 2.65. The molecule has 0 aliphatic heterocycles. The molecular weight excluding hydrogens is 352 g/mol. The number of halogens is 1. The zero-order valence-corrected chi connectivity index (χ0v) is 15.9. The van der Waals surface area contributed by atoms with Crippen LogP contribution in [0.2, 0.25) is 0 Å². The zero-order valence-electron chi connectivity index (χ0n) is 15.1. The Morgan fingerprint density at radius 2 is 1.77 bits per heavy atom. The van der Waals surface area contributed by atoms with Gasteiger partial charge in [-0.3, -0.25) is 9.59 Å². The van der Waals surface area contributed by atoms with E-state index in [1.54, 1.807) is 31.4 Å². The topological polar surface area (TPSA) is 67.4 Å². The van der Waals surface area contributed by atoms with Gasteiger partial charge in [0.25, 0.3) is 0 Å². The highest BCUT2D eigenvalue weighted by atomic mass is 35.5. The molecule has 6 heteroatoms. The number of ketones is 1. The normalized spacial score (nSPS) is 9.92. The van der Waals surface area contributed by atoms with Gasteiger partial charge in [-0.2, -0.15) is 0 Å². The predicted octanol–water partition coefficient (Wildman–Crippen LogP) is 3.83. The van der Waals surface area contributed by atoms with E-state index in [0.29, 0.717) is 11.3 Å². The Labute approximate surface area is 160 Å². The van der Waals surface area contributed by atoms with Gasteiger partial charge in [-0.15, -0.1) is 12.4 Å². The van der Waals surface area contributed by atoms with Gasteiger partial charge in [0.05, 0.1) is 7.11 Å². The summed E-state index contributed by atoms with van der Waals surface area (Å²) in [5.74, 6) is 0.480. The molecule has 2 aromatic rings. The van der Waals surface area contributed by atoms with Crippen LogP contribution in [0.3, 0.4) is 0 Å². The summed E-state index contributed by atoms with van der Waals surface area (Å²) in [6, 6.07) is 14.6. The number of rotatable bonds is 9. The minimum Gasteiger partial charge on any atom is -0.497 e. The van der Waals surface area contributed by atoms with Crippen molar-refractivity contribution in [1.29, 1.82) is 0 Å². The number of ether oxygens (including phenoxy) is 1. The Hall–Kier alpha value is -2.37. The predicted molar refractivity (Wildman–Crippen MR) is 106 cm³/mol. The first-order valence-corrected chi connectivity index (χ1v) is 8.39. The van der Waals surface area contributed by atoms with Crippen LogP contribution < -0.4 is 15.4 Å². The minimum absolute atomic E-state index is 0. The molecule has 0 heterocycles. The fraction of sp³-hybridized carbons (Fsp3) is 0.300. The number of carbonyl (C=O) groups is 2. The molecule has 0 unspecified atom stereocenters. The molecule has 0 aliphatic carbocycles. The molecule has 2 N–H and O–H groups in total. The van der Waals surface area contributed by atoms with E-state index in [9.17, 15) is 9.59 Å². The van der Waals surface area contributed by atoms with E-state index in [2.05, 4.69) is 10.6 Å². The molecule has 0 aliphatic rings. The second kappa shape index (κ2) is 11.3. The summed E-state index contributed by atoms with van der Waals surface area (Å²) < 4.78 is 5.07. The number of anilines is 1. The summed E-state index contributed by atoms with van der Waals surface area (Å²) in [4.78, 5) is 24.2. The van der Waals surface area contributed by atoms with Gasteiger partial charge in [0, 0.05) is 30.6 Å². The van der Waals surface area contributed by atoms with Crippen LogP contribution in [-0.2, 0) is 11.3 Å². The second-order valence-electron chi connectivity index (χ2n) is 5.68. The van der Waals surface area contributed by atoms with Gasteiger partial charge < -0.3 is 15.4 Å². The highest BCUT2D eigenvalue weighted by Crippen LogP contribution is 2.14. The van der Waals surface area contributed by atoms with Gasteiger partial charge in [0.2, 0.25) is 5.91 Å². The maximum atomic E-state index is 12.1. The van der Waals surface area contributed by atoms with Crippen molar-refractivity contribution in [3.63, 3.8) is 0 Å². The number of amides is 1. The molecule has 0 saturated carbocycles. The number of Topliss-reactive ketones (excluding diaryl/α,β-unsaturated/α-hetero) is 1. The Morgan fingerprint density at radius 1 is 1.04 bits per heavy atom. The number of benzene rings is 2. The van der Waals surface area contributed by atoms with E-state index in [1.165, 1.54) is 0 Å². The molecule has 5 nitrogen and oxygen atoms in total. The molecule has 0 atom stereocenters. The molecule has 0 fully saturated rings. The number of hydrogen-bond donors (Lipinski definition) is 2. The first-order chi connectivity index (χ1) is 12.1. The SMILES string of the molecule is CCNCc1cccc(NC(=O)CCC(=O)c2ccc(OC)cc2)c1.Cl. The third-order valence-corrected chi connectivity index (χ3v) is 3.78. The van der Waals surface area contributed by atoms with Gasteiger partial charge in [-0.1, -0.05) is 19.1 Å². The monoisotopic (exact) mass is 376 g/mol. The van der Waals surface area contributed by atoms with Crippen LogP contribution in [-0.4, -0.2) is 25.3 Å². The Bertz CT molecular complexity index is 717. The second-order valence-corrected chi connectivity index (χ2v) is 5.68.